The predicted octanol–water partition coefficient (Wildman–Crippen LogP) is 5.76. The summed E-state index contributed by atoms with van der Waals surface area (Å²) in [5.74, 6) is 0.817. The number of esters is 1. The van der Waals surface area contributed by atoms with Crippen LogP contribution in [0.1, 0.15) is 37.0 Å². The highest BCUT2D eigenvalue weighted by Crippen LogP contribution is 2.31. The number of carbonyl (C=O) groups excluding carboxylic acids is 1. The van der Waals surface area contributed by atoms with Gasteiger partial charge in [0.25, 0.3) is 0 Å². The summed E-state index contributed by atoms with van der Waals surface area (Å²) in [7, 11) is 0. The van der Waals surface area contributed by atoms with Crippen LogP contribution in [0, 0.1) is 6.92 Å². The molecule has 2 rings (SSSR count). The maximum Gasteiger partial charge on any atom is 0.310 e. The Morgan fingerprint density at radius 2 is 1.83 bits per heavy atom. The van der Waals surface area contributed by atoms with Gasteiger partial charge in [-0.2, -0.15) is 0 Å². The monoisotopic (exact) mass is 366 g/mol. The van der Waals surface area contributed by atoms with E-state index in [1.165, 1.54) is 0 Å². The number of ether oxygens (including phenoxy) is 2. The first-order chi connectivity index (χ1) is 11.5. The van der Waals surface area contributed by atoms with Gasteiger partial charge < -0.3 is 9.47 Å². The molecule has 0 aliphatic rings. The molecule has 2 aromatic rings. The summed E-state index contributed by atoms with van der Waals surface area (Å²) in [6.07, 6.45) is 1.12. The van der Waals surface area contributed by atoms with E-state index in [-0.39, 0.29) is 12.6 Å². The average molecular weight is 367 g/mol. The highest BCUT2D eigenvalue weighted by molar-refractivity contribution is 6.31. The van der Waals surface area contributed by atoms with E-state index in [1.54, 1.807) is 25.1 Å². The first-order valence-corrected chi connectivity index (χ1v) is 8.61. The minimum absolute atomic E-state index is 0.193. The Bertz CT molecular complexity index is 742. The van der Waals surface area contributed by atoms with Crippen molar-refractivity contribution in [3.05, 3.63) is 57.1 Å². The largest absolute Gasteiger partial charge is 0.488 e. The maximum absolute atomic E-state index is 11.6. The first kappa shape index (κ1) is 18.6. The fourth-order valence-electron chi connectivity index (χ4n) is 2.25. The van der Waals surface area contributed by atoms with Crippen LogP contribution >= 0.6 is 23.2 Å². The van der Waals surface area contributed by atoms with Crippen LogP contribution in [0.15, 0.2) is 30.3 Å². The zero-order valence-electron chi connectivity index (χ0n) is 14.0. The summed E-state index contributed by atoms with van der Waals surface area (Å²) >= 11 is 12.5. The number of halogens is 2. The fraction of sp³-hybridized carbons (Fsp3) is 0.316. The fourth-order valence-corrected chi connectivity index (χ4v) is 2.63. The van der Waals surface area contributed by atoms with Crippen molar-refractivity contribution < 1.29 is 14.3 Å². The van der Waals surface area contributed by atoms with Crippen LogP contribution in [0.2, 0.25) is 10.0 Å². The topological polar surface area (TPSA) is 35.5 Å². The van der Waals surface area contributed by atoms with E-state index in [1.807, 2.05) is 19.1 Å². The van der Waals surface area contributed by atoms with Crippen molar-refractivity contribution in [2.45, 2.75) is 40.2 Å². The van der Waals surface area contributed by atoms with Gasteiger partial charge in [-0.15, -0.1) is 0 Å². The third-order valence-electron chi connectivity index (χ3n) is 3.68. The molecule has 128 valence electrons. The molecule has 0 aliphatic carbocycles. The number of carbonyl (C=O) groups is 1. The quantitative estimate of drug-likeness (QED) is 0.481. The standard InChI is InChI=1S/C19H20Cl2O3/c1-4-13-9-12(3)16(21)10-18(13)23-11-14-15(20)7-6-8-17(14)24-19(22)5-2/h6-10H,4-5,11H2,1-3H3. The lowest BCUT2D eigenvalue weighted by Gasteiger charge is -2.15. The van der Waals surface area contributed by atoms with Crippen LogP contribution < -0.4 is 9.47 Å². The molecule has 0 aliphatic heterocycles. The minimum Gasteiger partial charge on any atom is -0.488 e. The Kier molecular flexibility index (Phi) is 6.52. The average Bonchev–Trinajstić information content (AvgIpc) is 2.56. The van der Waals surface area contributed by atoms with Gasteiger partial charge in [0.15, 0.2) is 0 Å². The lowest BCUT2D eigenvalue weighted by atomic mass is 10.1. The van der Waals surface area contributed by atoms with Crippen LogP contribution in [0.5, 0.6) is 11.5 Å². The van der Waals surface area contributed by atoms with E-state index in [4.69, 9.17) is 32.7 Å². The van der Waals surface area contributed by atoms with Gasteiger partial charge in [0.2, 0.25) is 0 Å². The number of hydrogen-bond donors (Lipinski definition) is 0. The number of rotatable bonds is 6. The molecule has 3 nitrogen and oxygen atoms in total. The summed E-state index contributed by atoms with van der Waals surface area (Å²) in [5.41, 5.74) is 2.71. The molecule has 0 saturated heterocycles. The van der Waals surface area contributed by atoms with Crippen molar-refractivity contribution in [1.29, 1.82) is 0 Å². The second kappa shape index (κ2) is 8.41. The second-order valence-corrected chi connectivity index (χ2v) is 6.21. The molecule has 2 aromatic carbocycles. The Hall–Kier alpha value is -1.71. The van der Waals surface area contributed by atoms with E-state index in [0.717, 1.165) is 17.5 Å². The van der Waals surface area contributed by atoms with Gasteiger partial charge >= 0.3 is 5.97 Å². The highest BCUT2D eigenvalue weighted by Gasteiger charge is 2.14. The summed E-state index contributed by atoms with van der Waals surface area (Å²) in [6, 6.07) is 9.02. The first-order valence-electron chi connectivity index (χ1n) is 7.86. The number of benzene rings is 2. The van der Waals surface area contributed by atoms with E-state index in [9.17, 15) is 4.79 Å². The Labute approximate surface area is 152 Å². The Morgan fingerprint density at radius 3 is 2.50 bits per heavy atom. The van der Waals surface area contributed by atoms with Gasteiger partial charge in [0, 0.05) is 11.4 Å². The zero-order valence-corrected chi connectivity index (χ0v) is 15.5. The van der Waals surface area contributed by atoms with Gasteiger partial charge in [0.1, 0.15) is 18.1 Å². The van der Waals surface area contributed by atoms with E-state index in [0.29, 0.717) is 33.5 Å². The van der Waals surface area contributed by atoms with Gasteiger partial charge in [0.05, 0.1) is 10.6 Å². The third-order valence-corrected chi connectivity index (χ3v) is 4.44. The molecule has 0 radical (unpaired) electrons. The molecule has 0 aromatic heterocycles. The van der Waals surface area contributed by atoms with Crippen molar-refractivity contribution >= 4 is 29.2 Å². The molecular formula is C19H20Cl2O3. The molecule has 0 bridgehead atoms. The van der Waals surface area contributed by atoms with Crippen LogP contribution in [-0.2, 0) is 17.8 Å². The van der Waals surface area contributed by atoms with Crippen molar-refractivity contribution in [2.24, 2.45) is 0 Å². The van der Waals surface area contributed by atoms with Crippen molar-refractivity contribution in [3.8, 4) is 11.5 Å². The number of hydrogen-bond acceptors (Lipinski definition) is 3. The van der Waals surface area contributed by atoms with Gasteiger partial charge in [-0.25, -0.2) is 0 Å². The highest BCUT2D eigenvalue weighted by atomic mass is 35.5. The molecule has 0 heterocycles. The van der Waals surface area contributed by atoms with Crippen molar-refractivity contribution in [3.63, 3.8) is 0 Å². The van der Waals surface area contributed by atoms with Gasteiger partial charge in [-0.1, -0.05) is 49.2 Å². The molecule has 0 atom stereocenters. The third kappa shape index (κ3) is 4.43. The van der Waals surface area contributed by atoms with Gasteiger partial charge in [-0.3, -0.25) is 4.79 Å². The maximum atomic E-state index is 11.6. The molecule has 0 fully saturated rings. The normalized spacial score (nSPS) is 10.5. The summed E-state index contributed by atoms with van der Waals surface area (Å²) in [6.45, 7) is 5.95. The van der Waals surface area contributed by atoms with Crippen LogP contribution in [-0.4, -0.2) is 5.97 Å². The van der Waals surface area contributed by atoms with E-state index in [2.05, 4.69) is 6.92 Å². The van der Waals surface area contributed by atoms with E-state index < -0.39 is 0 Å². The summed E-state index contributed by atoms with van der Waals surface area (Å²) in [4.78, 5) is 11.6. The zero-order chi connectivity index (χ0) is 17.7. The molecule has 0 unspecified atom stereocenters. The van der Waals surface area contributed by atoms with Crippen molar-refractivity contribution in [2.75, 3.05) is 0 Å². The summed E-state index contributed by atoms with van der Waals surface area (Å²) in [5, 5.41) is 1.15. The molecule has 0 amide bonds. The SMILES string of the molecule is CCC(=O)Oc1cccc(Cl)c1COc1cc(Cl)c(C)cc1CC. The van der Waals surface area contributed by atoms with Crippen LogP contribution in [0.3, 0.4) is 0 Å². The lowest BCUT2D eigenvalue weighted by molar-refractivity contribution is -0.134. The van der Waals surface area contributed by atoms with Crippen LogP contribution in [0.4, 0.5) is 0 Å². The van der Waals surface area contributed by atoms with Crippen LogP contribution in [0.25, 0.3) is 0 Å². The smallest absolute Gasteiger partial charge is 0.310 e. The Balaban J connectivity index is 2.26. The molecule has 5 heteroatoms. The minimum atomic E-state index is -0.314. The second-order valence-electron chi connectivity index (χ2n) is 5.40. The number of aryl methyl sites for hydroxylation is 2. The molecular weight excluding hydrogens is 347 g/mol. The molecule has 0 saturated carbocycles. The predicted molar refractivity (Wildman–Crippen MR) is 97.3 cm³/mol. The Morgan fingerprint density at radius 1 is 1.08 bits per heavy atom. The summed E-state index contributed by atoms with van der Waals surface area (Å²) < 4.78 is 11.3. The molecule has 24 heavy (non-hydrogen) atoms. The van der Waals surface area contributed by atoms with Crippen molar-refractivity contribution in [1.82, 2.24) is 0 Å². The molecule has 0 N–H and O–H groups in total. The lowest BCUT2D eigenvalue weighted by Crippen LogP contribution is -2.09. The molecule has 0 spiro atoms. The van der Waals surface area contributed by atoms with E-state index >= 15 is 0 Å². The van der Waals surface area contributed by atoms with Gasteiger partial charge in [-0.05, 0) is 42.7 Å².